The summed E-state index contributed by atoms with van der Waals surface area (Å²) < 4.78 is 1.56. The van der Waals surface area contributed by atoms with Gasteiger partial charge in [0.2, 0.25) is 0 Å². The minimum absolute atomic E-state index is 0.0856. The topological polar surface area (TPSA) is 61.0 Å². The van der Waals surface area contributed by atoms with Gasteiger partial charge in [-0.1, -0.05) is 0 Å². The first kappa shape index (κ1) is 9.98. The number of rotatable bonds is 3. The van der Waals surface area contributed by atoms with Gasteiger partial charge in [0.05, 0.1) is 28.8 Å². The van der Waals surface area contributed by atoms with E-state index in [4.69, 9.17) is 11.6 Å². The molecule has 0 atom stereocenters. The molecule has 0 bridgehead atoms. The molecule has 0 aliphatic heterocycles. The van der Waals surface area contributed by atoms with Gasteiger partial charge in [0.25, 0.3) is 0 Å². The predicted molar refractivity (Wildman–Crippen MR) is 48.8 cm³/mol. The Hall–Kier alpha value is -1.10. The van der Waals surface area contributed by atoms with Gasteiger partial charge in [0, 0.05) is 0 Å². The second-order valence-electron chi connectivity index (χ2n) is 2.92. The summed E-state index contributed by atoms with van der Waals surface area (Å²) in [7, 11) is 0. The van der Waals surface area contributed by atoms with Crippen LogP contribution >= 0.6 is 11.6 Å². The number of halogens is 1. The Kier molecular flexibility index (Phi) is 2.87. The third-order valence-electron chi connectivity index (χ3n) is 1.61. The van der Waals surface area contributed by atoms with Gasteiger partial charge >= 0.3 is 5.82 Å². The minimum atomic E-state index is -0.519. The van der Waals surface area contributed by atoms with Crippen LogP contribution in [0.3, 0.4) is 0 Å². The lowest BCUT2D eigenvalue weighted by Crippen LogP contribution is -2.06. The van der Waals surface area contributed by atoms with E-state index in [9.17, 15) is 10.1 Å². The van der Waals surface area contributed by atoms with E-state index < -0.39 is 4.92 Å². The van der Waals surface area contributed by atoms with E-state index in [-0.39, 0.29) is 17.7 Å². The Bertz CT molecular complexity index is 322. The molecule has 1 aromatic rings. The summed E-state index contributed by atoms with van der Waals surface area (Å²) >= 11 is 5.61. The number of aromatic nitrogens is 2. The van der Waals surface area contributed by atoms with E-state index in [0.717, 1.165) is 0 Å². The quantitative estimate of drug-likeness (QED) is 0.430. The van der Waals surface area contributed by atoms with Gasteiger partial charge in [0.15, 0.2) is 0 Å². The smallest absolute Gasteiger partial charge is 0.358 e. The fraction of sp³-hybridized carbons (Fsp3) is 0.571. The third-order valence-corrected chi connectivity index (χ3v) is 1.89. The molecule has 13 heavy (non-hydrogen) atoms. The zero-order valence-electron chi connectivity index (χ0n) is 7.40. The Labute approximate surface area is 80.5 Å². The molecular formula is C7H10ClN3O2. The van der Waals surface area contributed by atoms with Crippen molar-refractivity contribution in [2.75, 3.05) is 0 Å². The third kappa shape index (κ3) is 1.98. The summed E-state index contributed by atoms with van der Waals surface area (Å²) in [6, 6.07) is 1.48. The second-order valence-corrected chi connectivity index (χ2v) is 3.19. The molecular weight excluding hydrogens is 194 g/mol. The zero-order valence-corrected chi connectivity index (χ0v) is 8.15. The van der Waals surface area contributed by atoms with Crippen molar-refractivity contribution in [3.05, 3.63) is 21.9 Å². The summed E-state index contributed by atoms with van der Waals surface area (Å²) in [6.45, 7) is 3.79. The molecule has 0 fully saturated rings. The normalized spacial score (nSPS) is 10.8. The number of hydrogen-bond donors (Lipinski definition) is 0. The van der Waals surface area contributed by atoms with Crippen LogP contribution in [0, 0.1) is 10.1 Å². The summed E-state index contributed by atoms with van der Waals surface area (Å²) in [6.07, 6.45) is 0. The van der Waals surface area contributed by atoms with Gasteiger partial charge in [-0.15, -0.1) is 11.6 Å². The Morgan fingerprint density at radius 1 is 1.77 bits per heavy atom. The molecule has 0 spiro atoms. The van der Waals surface area contributed by atoms with E-state index in [1.54, 1.807) is 4.68 Å². The van der Waals surface area contributed by atoms with E-state index in [2.05, 4.69) is 5.10 Å². The van der Waals surface area contributed by atoms with Crippen LogP contribution in [0.5, 0.6) is 0 Å². The molecule has 6 heteroatoms. The lowest BCUT2D eigenvalue weighted by molar-refractivity contribution is -0.389. The number of nitro groups is 1. The first-order valence-corrected chi connectivity index (χ1v) is 4.38. The van der Waals surface area contributed by atoms with Crippen molar-refractivity contribution >= 4 is 17.4 Å². The summed E-state index contributed by atoms with van der Waals surface area (Å²) in [5.74, 6) is 0.0864. The van der Waals surface area contributed by atoms with Crippen LogP contribution < -0.4 is 0 Å². The maximum absolute atomic E-state index is 10.4. The predicted octanol–water partition coefficient (Wildman–Crippen LogP) is 2.11. The second kappa shape index (κ2) is 3.74. The molecule has 0 saturated carbocycles. The SMILES string of the molecule is CC(C)n1nc([N+](=O)[O-])cc1CCl. The summed E-state index contributed by atoms with van der Waals surface area (Å²) in [5, 5.41) is 14.2. The lowest BCUT2D eigenvalue weighted by Gasteiger charge is -2.02. The standard InChI is InChI=1S/C7H10ClN3O2/c1-5(2)10-6(4-8)3-7(9-10)11(12)13/h3,5H,4H2,1-2H3. The first-order valence-electron chi connectivity index (χ1n) is 3.85. The molecule has 0 radical (unpaired) electrons. The molecule has 5 nitrogen and oxygen atoms in total. The van der Waals surface area contributed by atoms with Gasteiger partial charge in [-0.05, 0) is 18.8 Å². The van der Waals surface area contributed by atoms with Crippen LogP contribution in [0.1, 0.15) is 25.6 Å². The number of alkyl halides is 1. The van der Waals surface area contributed by atoms with Crippen molar-refractivity contribution in [3.63, 3.8) is 0 Å². The molecule has 1 aromatic heterocycles. The molecule has 0 aromatic carbocycles. The summed E-state index contributed by atoms with van der Waals surface area (Å²) in [4.78, 5) is 9.87. The fourth-order valence-electron chi connectivity index (χ4n) is 1.05. The highest BCUT2D eigenvalue weighted by Gasteiger charge is 2.18. The highest BCUT2D eigenvalue weighted by Crippen LogP contribution is 2.17. The van der Waals surface area contributed by atoms with Crippen molar-refractivity contribution in [1.82, 2.24) is 9.78 Å². The highest BCUT2D eigenvalue weighted by atomic mass is 35.5. The van der Waals surface area contributed by atoms with Crippen LogP contribution in [-0.4, -0.2) is 14.7 Å². The van der Waals surface area contributed by atoms with Crippen LogP contribution in [0.4, 0.5) is 5.82 Å². The van der Waals surface area contributed by atoms with Gasteiger partial charge in [-0.2, -0.15) is 4.68 Å². The van der Waals surface area contributed by atoms with Crippen LogP contribution in [0.25, 0.3) is 0 Å². The molecule has 0 N–H and O–H groups in total. The first-order chi connectivity index (χ1) is 6.06. The maximum Gasteiger partial charge on any atom is 0.390 e. The van der Waals surface area contributed by atoms with E-state index in [0.29, 0.717) is 5.69 Å². The average molecular weight is 204 g/mol. The monoisotopic (exact) mass is 203 g/mol. The highest BCUT2D eigenvalue weighted by molar-refractivity contribution is 6.16. The molecule has 72 valence electrons. The molecule has 0 saturated heterocycles. The largest absolute Gasteiger partial charge is 0.390 e. The maximum atomic E-state index is 10.4. The van der Waals surface area contributed by atoms with Crippen LogP contribution in [-0.2, 0) is 5.88 Å². The Balaban J connectivity index is 3.11. The zero-order chi connectivity index (χ0) is 10.0. The van der Waals surface area contributed by atoms with Crippen molar-refractivity contribution < 1.29 is 4.92 Å². The van der Waals surface area contributed by atoms with Crippen molar-refractivity contribution in [2.45, 2.75) is 25.8 Å². The van der Waals surface area contributed by atoms with Crippen molar-refractivity contribution in [3.8, 4) is 0 Å². The van der Waals surface area contributed by atoms with Gasteiger partial charge in [-0.25, -0.2) is 0 Å². The molecule has 0 unspecified atom stereocenters. The molecule has 1 heterocycles. The van der Waals surface area contributed by atoms with E-state index in [1.807, 2.05) is 13.8 Å². The number of hydrogen-bond acceptors (Lipinski definition) is 3. The van der Waals surface area contributed by atoms with Crippen LogP contribution in [0.15, 0.2) is 6.07 Å². The number of nitrogens with zero attached hydrogens (tertiary/aromatic N) is 3. The summed E-state index contributed by atoms with van der Waals surface area (Å²) in [5.41, 5.74) is 0.670. The van der Waals surface area contributed by atoms with Gasteiger partial charge < -0.3 is 10.1 Å². The average Bonchev–Trinajstić information content (AvgIpc) is 2.47. The van der Waals surface area contributed by atoms with E-state index in [1.165, 1.54) is 6.07 Å². The Morgan fingerprint density at radius 2 is 2.38 bits per heavy atom. The molecule has 1 rings (SSSR count). The minimum Gasteiger partial charge on any atom is -0.358 e. The lowest BCUT2D eigenvalue weighted by atomic mass is 10.4. The van der Waals surface area contributed by atoms with Crippen LogP contribution in [0.2, 0.25) is 0 Å². The molecule has 0 aliphatic carbocycles. The Morgan fingerprint density at radius 3 is 2.69 bits per heavy atom. The fourth-order valence-corrected chi connectivity index (χ4v) is 1.25. The van der Waals surface area contributed by atoms with E-state index >= 15 is 0 Å². The van der Waals surface area contributed by atoms with Gasteiger partial charge in [0.1, 0.15) is 0 Å². The van der Waals surface area contributed by atoms with Gasteiger partial charge in [-0.3, -0.25) is 0 Å². The van der Waals surface area contributed by atoms with Crippen molar-refractivity contribution in [2.24, 2.45) is 0 Å². The molecule has 0 amide bonds. The molecule has 0 aliphatic rings. The van der Waals surface area contributed by atoms with Crippen molar-refractivity contribution in [1.29, 1.82) is 0 Å².